The average Bonchev–Trinajstić information content (AvgIpc) is 3.11. The Labute approximate surface area is 182 Å². The SMILES string of the molecule is O=C(NC(CC1CCCCC1)C(O)C(=O)O)OCC1c2ccccc2-c2ccccc21. The summed E-state index contributed by atoms with van der Waals surface area (Å²) in [5, 5.41) is 22.0. The fourth-order valence-corrected chi connectivity index (χ4v) is 5.01. The largest absolute Gasteiger partial charge is 0.479 e. The lowest BCUT2D eigenvalue weighted by Gasteiger charge is -2.28. The Kier molecular flexibility index (Phi) is 6.56. The van der Waals surface area contributed by atoms with Gasteiger partial charge in [0.25, 0.3) is 0 Å². The number of carbonyl (C=O) groups is 2. The highest BCUT2D eigenvalue weighted by molar-refractivity contribution is 5.79. The standard InChI is InChI=1S/C25H29NO5/c27-23(24(28)29)22(14-16-8-2-1-3-9-16)26-25(30)31-15-21-19-12-6-4-10-17(19)18-11-5-7-13-20(18)21/h4-7,10-13,16,21-23,27H,1-3,8-9,14-15H2,(H,26,30)(H,28,29). The second kappa shape index (κ2) is 9.52. The van der Waals surface area contributed by atoms with E-state index in [4.69, 9.17) is 4.74 Å². The van der Waals surface area contributed by atoms with Gasteiger partial charge in [-0.3, -0.25) is 0 Å². The summed E-state index contributed by atoms with van der Waals surface area (Å²) >= 11 is 0. The summed E-state index contributed by atoms with van der Waals surface area (Å²) < 4.78 is 5.54. The van der Waals surface area contributed by atoms with Gasteiger partial charge in [-0.25, -0.2) is 9.59 Å². The molecular weight excluding hydrogens is 394 g/mol. The van der Waals surface area contributed by atoms with Crippen molar-refractivity contribution in [2.24, 2.45) is 5.92 Å². The number of aliphatic hydroxyl groups is 1. The predicted octanol–water partition coefficient (Wildman–Crippen LogP) is 4.31. The van der Waals surface area contributed by atoms with E-state index in [0.29, 0.717) is 12.3 Å². The van der Waals surface area contributed by atoms with Gasteiger partial charge in [0, 0.05) is 5.92 Å². The molecule has 2 unspecified atom stereocenters. The number of amides is 1. The van der Waals surface area contributed by atoms with Crippen molar-refractivity contribution >= 4 is 12.1 Å². The highest BCUT2D eigenvalue weighted by atomic mass is 16.5. The number of aliphatic carboxylic acids is 1. The highest BCUT2D eigenvalue weighted by Gasteiger charge is 2.32. The first-order valence-electron chi connectivity index (χ1n) is 11.1. The maximum atomic E-state index is 12.6. The quantitative estimate of drug-likeness (QED) is 0.617. The molecule has 3 N–H and O–H groups in total. The number of carboxylic acids is 1. The summed E-state index contributed by atoms with van der Waals surface area (Å²) in [7, 11) is 0. The fourth-order valence-electron chi connectivity index (χ4n) is 5.01. The van der Waals surface area contributed by atoms with Gasteiger partial charge in [-0.05, 0) is 34.6 Å². The number of hydrogen-bond donors (Lipinski definition) is 3. The van der Waals surface area contributed by atoms with Crippen LogP contribution < -0.4 is 5.32 Å². The van der Waals surface area contributed by atoms with Gasteiger partial charge in [-0.2, -0.15) is 0 Å². The molecule has 6 nitrogen and oxygen atoms in total. The van der Waals surface area contributed by atoms with E-state index in [-0.39, 0.29) is 12.5 Å². The Morgan fingerprint density at radius 3 is 2.13 bits per heavy atom. The van der Waals surface area contributed by atoms with Gasteiger partial charge >= 0.3 is 12.1 Å². The Balaban J connectivity index is 1.42. The van der Waals surface area contributed by atoms with Gasteiger partial charge in [-0.1, -0.05) is 80.6 Å². The van der Waals surface area contributed by atoms with E-state index in [1.807, 2.05) is 36.4 Å². The van der Waals surface area contributed by atoms with Crippen LogP contribution in [0.3, 0.4) is 0 Å². The lowest BCUT2D eigenvalue weighted by molar-refractivity contribution is -0.148. The third kappa shape index (κ3) is 4.74. The third-order valence-corrected chi connectivity index (χ3v) is 6.59. The molecule has 1 fully saturated rings. The molecule has 2 atom stereocenters. The molecule has 164 valence electrons. The molecule has 6 heteroatoms. The minimum absolute atomic E-state index is 0.0701. The van der Waals surface area contributed by atoms with Gasteiger partial charge in [0.05, 0.1) is 6.04 Å². The van der Waals surface area contributed by atoms with Crippen LogP contribution in [0.2, 0.25) is 0 Å². The molecule has 0 aromatic heterocycles. The van der Waals surface area contributed by atoms with E-state index < -0.39 is 24.2 Å². The number of alkyl carbamates (subject to hydrolysis) is 1. The van der Waals surface area contributed by atoms with Crippen molar-refractivity contribution in [3.05, 3.63) is 59.7 Å². The maximum Gasteiger partial charge on any atom is 0.407 e. The van der Waals surface area contributed by atoms with Crippen LogP contribution in [0.4, 0.5) is 4.79 Å². The molecule has 0 spiro atoms. The number of nitrogens with one attached hydrogen (secondary N) is 1. The summed E-state index contributed by atoms with van der Waals surface area (Å²) in [6.07, 6.45) is 3.48. The van der Waals surface area contributed by atoms with E-state index in [1.54, 1.807) is 0 Å². The first kappa shape index (κ1) is 21.4. The van der Waals surface area contributed by atoms with Crippen LogP contribution in [0, 0.1) is 5.92 Å². The molecule has 2 aromatic carbocycles. The molecule has 2 aromatic rings. The molecule has 2 aliphatic rings. The predicted molar refractivity (Wildman–Crippen MR) is 117 cm³/mol. The zero-order chi connectivity index (χ0) is 21.8. The zero-order valence-electron chi connectivity index (χ0n) is 17.5. The molecule has 0 bridgehead atoms. The van der Waals surface area contributed by atoms with Crippen molar-refractivity contribution in [3.63, 3.8) is 0 Å². The summed E-state index contributed by atoms with van der Waals surface area (Å²) in [6, 6.07) is 15.3. The molecule has 0 saturated heterocycles. The monoisotopic (exact) mass is 423 g/mol. The van der Waals surface area contributed by atoms with Gasteiger partial charge in [0.15, 0.2) is 6.10 Å². The summed E-state index contributed by atoms with van der Waals surface area (Å²) in [6.45, 7) is 0.152. The third-order valence-electron chi connectivity index (χ3n) is 6.59. The lowest BCUT2D eigenvalue weighted by atomic mass is 9.83. The Morgan fingerprint density at radius 2 is 1.55 bits per heavy atom. The molecule has 1 saturated carbocycles. The van der Waals surface area contributed by atoms with E-state index in [0.717, 1.165) is 47.9 Å². The molecular formula is C25H29NO5. The van der Waals surface area contributed by atoms with Crippen molar-refractivity contribution in [2.75, 3.05) is 6.61 Å². The van der Waals surface area contributed by atoms with Crippen LogP contribution in [0.1, 0.15) is 55.6 Å². The number of fused-ring (bicyclic) bond motifs is 3. The number of carboxylic acid groups (broad SMARTS) is 1. The summed E-state index contributed by atoms with van der Waals surface area (Å²) in [5.74, 6) is -1.10. The number of hydrogen-bond acceptors (Lipinski definition) is 4. The molecule has 0 heterocycles. The smallest absolute Gasteiger partial charge is 0.407 e. The number of carbonyl (C=O) groups excluding carboxylic acids is 1. The van der Waals surface area contributed by atoms with Gasteiger partial charge in [0.1, 0.15) is 6.61 Å². The highest BCUT2D eigenvalue weighted by Crippen LogP contribution is 2.44. The number of benzene rings is 2. The van der Waals surface area contributed by atoms with Crippen molar-refractivity contribution in [1.82, 2.24) is 5.32 Å². The zero-order valence-corrected chi connectivity index (χ0v) is 17.5. The van der Waals surface area contributed by atoms with E-state index in [1.165, 1.54) is 6.42 Å². The van der Waals surface area contributed by atoms with Crippen LogP contribution in [-0.2, 0) is 9.53 Å². The fraction of sp³-hybridized carbons (Fsp3) is 0.440. The van der Waals surface area contributed by atoms with Crippen molar-refractivity contribution in [3.8, 4) is 11.1 Å². The average molecular weight is 424 g/mol. The Hall–Kier alpha value is -2.86. The van der Waals surface area contributed by atoms with Crippen LogP contribution in [-0.4, -0.2) is 41.0 Å². The van der Waals surface area contributed by atoms with Crippen molar-refractivity contribution in [2.45, 2.75) is 56.6 Å². The van der Waals surface area contributed by atoms with Crippen LogP contribution in [0.15, 0.2) is 48.5 Å². The second-order valence-corrected chi connectivity index (χ2v) is 8.60. The normalized spacial score (nSPS) is 18.0. The minimum atomic E-state index is -1.65. The topological polar surface area (TPSA) is 95.9 Å². The summed E-state index contributed by atoms with van der Waals surface area (Å²) in [4.78, 5) is 23.9. The molecule has 2 aliphatic carbocycles. The van der Waals surface area contributed by atoms with E-state index >= 15 is 0 Å². The number of aliphatic hydroxyl groups excluding tert-OH is 1. The van der Waals surface area contributed by atoms with Crippen molar-refractivity contribution < 1.29 is 24.5 Å². The maximum absolute atomic E-state index is 12.6. The van der Waals surface area contributed by atoms with Crippen LogP contribution in [0.5, 0.6) is 0 Å². The van der Waals surface area contributed by atoms with E-state index in [2.05, 4.69) is 17.4 Å². The first-order valence-corrected chi connectivity index (χ1v) is 11.1. The second-order valence-electron chi connectivity index (χ2n) is 8.60. The molecule has 1 amide bonds. The van der Waals surface area contributed by atoms with Gasteiger partial charge in [0.2, 0.25) is 0 Å². The summed E-state index contributed by atoms with van der Waals surface area (Å²) in [5.41, 5.74) is 4.51. The Bertz CT molecular complexity index is 892. The Morgan fingerprint density at radius 1 is 0.968 bits per heavy atom. The number of rotatable bonds is 7. The number of ether oxygens (including phenoxy) is 1. The molecule has 0 aliphatic heterocycles. The van der Waals surface area contributed by atoms with Gasteiger partial charge in [-0.15, -0.1) is 0 Å². The van der Waals surface area contributed by atoms with Crippen molar-refractivity contribution in [1.29, 1.82) is 0 Å². The van der Waals surface area contributed by atoms with E-state index in [9.17, 15) is 19.8 Å². The minimum Gasteiger partial charge on any atom is -0.479 e. The van der Waals surface area contributed by atoms with Gasteiger partial charge < -0.3 is 20.3 Å². The van der Waals surface area contributed by atoms with Crippen LogP contribution >= 0.6 is 0 Å². The lowest BCUT2D eigenvalue weighted by Crippen LogP contribution is -2.48. The molecule has 4 rings (SSSR count). The molecule has 0 radical (unpaired) electrons. The van der Waals surface area contributed by atoms with Crippen LogP contribution in [0.25, 0.3) is 11.1 Å². The molecule has 31 heavy (non-hydrogen) atoms. The first-order chi connectivity index (χ1) is 15.0.